The Morgan fingerprint density at radius 2 is 2.00 bits per heavy atom. The van der Waals surface area contributed by atoms with Gasteiger partial charge in [0.1, 0.15) is 11.9 Å². The van der Waals surface area contributed by atoms with E-state index >= 15 is 0 Å². The van der Waals surface area contributed by atoms with E-state index in [1.165, 1.54) is 0 Å². The number of aliphatic hydroxyl groups is 1. The topological polar surface area (TPSA) is 42.4 Å². The molecule has 1 unspecified atom stereocenters. The van der Waals surface area contributed by atoms with Gasteiger partial charge in [-0.15, -0.1) is 0 Å². The monoisotopic (exact) mass is 321 g/mol. The predicted molar refractivity (Wildman–Crippen MR) is 78.5 cm³/mol. The van der Waals surface area contributed by atoms with E-state index in [2.05, 4.69) is 20.9 Å². The molecular weight excluding hydrogens is 306 g/mol. The number of aliphatic hydroxyl groups excluding tert-OH is 1. The minimum absolute atomic E-state index is 0.729. The van der Waals surface area contributed by atoms with E-state index < -0.39 is 6.10 Å². The molecule has 0 amide bonds. The normalized spacial score (nSPS) is 12.3. The Morgan fingerprint density at radius 3 is 2.63 bits per heavy atom. The molecule has 0 saturated carbocycles. The molecule has 0 fully saturated rings. The Hall–Kier alpha value is -1.39. The maximum absolute atomic E-state index is 10.5. The number of aromatic nitrogens is 1. The summed E-state index contributed by atoms with van der Waals surface area (Å²) in [5.41, 5.74) is 3.67. The molecule has 3 nitrogen and oxygen atoms in total. The van der Waals surface area contributed by atoms with Crippen molar-refractivity contribution < 1.29 is 9.84 Å². The third-order valence-electron chi connectivity index (χ3n) is 3.25. The number of methoxy groups -OCH3 is 1. The van der Waals surface area contributed by atoms with Gasteiger partial charge in [-0.1, -0.05) is 12.1 Å². The van der Waals surface area contributed by atoms with Crippen molar-refractivity contribution >= 4 is 15.9 Å². The third kappa shape index (κ3) is 2.80. The van der Waals surface area contributed by atoms with Crippen molar-refractivity contribution in [2.75, 3.05) is 7.11 Å². The van der Waals surface area contributed by atoms with Gasteiger partial charge in [-0.05, 0) is 47.0 Å². The zero-order chi connectivity index (χ0) is 14.0. The van der Waals surface area contributed by atoms with Crippen LogP contribution in [0.5, 0.6) is 5.75 Å². The van der Waals surface area contributed by atoms with Gasteiger partial charge < -0.3 is 9.84 Å². The Balaban J connectivity index is 2.50. The van der Waals surface area contributed by atoms with Crippen molar-refractivity contribution in [3.63, 3.8) is 0 Å². The fourth-order valence-corrected chi connectivity index (χ4v) is 2.44. The lowest BCUT2D eigenvalue weighted by Gasteiger charge is -2.18. The summed E-state index contributed by atoms with van der Waals surface area (Å²) in [5.74, 6) is 0.729. The Labute approximate surface area is 121 Å². The van der Waals surface area contributed by atoms with E-state index in [0.717, 1.165) is 32.5 Å². The number of ether oxygens (including phenoxy) is 1. The van der Waals surface area contributed by atoms with Gasteiger partial charge in [0, 0.05) is 28.0 Å². The largest absolute Gasteiger partial charge is 0.496 e. The number of aryl methyl sites for hydroxylation is 1. The average Bonchev–Trinajstić information content (AvgIpc) is 2.41. The summed E-state index contributed by atoms with van der Waals surface area (Å²) in [7, 11) is 1.62. The summed E-state index contributed by atoms with van der Waals surface area (Å²) >= 11 is 3.36. The number of hydrogen-bond acceptors (Lipinski definition) is 3. The molecule has 1 aromatic heterocycles. The van der Waals surface area contributed by atoms with Crippen LogP contribution in [0.25, 0.3) is 0 Å². The molecule has 100 valence electrons. The van der Waals surface area contributed by atoms with E-state index in [4.69, 9.17) is 4.74 Å². The molecule has 1 aromatic carbocycles. The van der Waals surface area contributed by atoms with Crippen LogP contribution in [-0.4, -0.2) is 17.2 Å². The first-order valence-corrected chi connectivity index (χ1v) is 6.76. The van der Waals surface area contributed by atoms with Gasteiger partial charge in [-0.25, -0.2) is 0 Å². The number of rotatable bonds is 3. The minimum atomic E-state index is -0.751. The molecule has 1 heterocycles. The van der Waals surface area contributed by atoms with Gasteiger partial charge >= 0.3 is 0 Å². The van der Waals surface area contributed by atoms with Gasteiger partial charge in [0.15, 0.2) is 0 Å². The molecule has 19 heavy (non-hydrogen) atoms. The van der Waals surface area contributed by atoms with Crippen molar-refractivity contribution in [1.29, 1.82) is 0 Å². The van der Waals surface area contributed by atoms with Crippen LogP contribution < -0.4 is 4.74 Å². The molecule has 2 aromatic rings. The molecule has 4 heteroatoms. The summed E-state index contributed by atoms with van der Waals surface area (Å²) < 4.78 is 6.28. The SMILES string of the molecule is COc1c(C(O)c2cncc(Br)c2)ccc(C)c1C. The van der Waals surface area contributed by atoms with Crippen LogP contribution in [0, 0.1) is 13.8 Å². The second kappa shape index (κ2) is 5.72. The summed E-state index contributed by atoms with van der Waals surface area (Å²) in [5, 5.41) is 10.5. The van der Waals surface area contributed by atoms with Crippen molar-refractivity contribution in [2.45, 2.75) is 20.0 Å². The van der Waals surface area contributed by atoms with Crippen LogP contribution in [0.2, 0.25) is 0 Å². The lowest BCUT2D eigenvalue weighted by atomic mass is 9.97. The quantitative estimate of drug-likeness (QED) is 0.940. The molecule has 2 rings (SSSR count). The van der Waals surface area contributed by atoms with Crippen LogP contribution in [-0.2, 0) is 0 Å². The molecule has 0 saturated heterocycles. The highest BCUT2D eigenvalue weighted by atomic mass is 79.9. The highest BCUT2D eigenvalue weighted by molar-refractivity contribution is 9.10. The lowest BCUT2D eigenvalue weighted by molar-refractivity contribution is 0.214. The second-order valence-corrected chi connectivity index (χ2v) is 5.38. The zero-order valence-electron chi connectivity index (χ0n) is 11.1. The smallest absolute Gasteiger partial charge is 0.128 e. The molecular formula is C15H16BrNO2. The van der Waals surface area contributed by atoms with Gasteiger partial charge in [0.05, 0.1) is 7.11 Å². The number of hydrogen-bond donors (Lipinski definition) is 1. The standard InChI is InChI=1S/C15H16BrNO2/c1-9-4-5-13(15(19-3)10(9)2)14(18)11-6-12(16)8-17-7-11/h4-8,14,18H,1-3H3. The Bertz CT molecular complexity index is 599. The molecule has 0 bridgehead atoms. The molecule has 0 aliphatic heterocycles. The first-order chi connectivity index (χ1) is 9.04. The summed E-state index contributed by atoms with van der Waals surface area (Å²) in [6.45, 7) is 4.01. The van der Waals surface area contributed by atoms with E-state index in [1.54, 1.807) is 19.5 Å². The lowest BCUT2D eigenvalue weighted by Crippen LogP contribution is -2.05. The van der Waals surface area contributed by atoms with E-state index in [9.17, 15) is 5.11 Å². The fraction of sp³-hybridized carbons (Fsp3) is 0.267. The number of nitrogens with zero attached hydrogens (tertiary/aromatic N) is 1. The van der Waals surface area contributed by atoms with Crippen molar-refractivity contribution in [3.05, 3.63) is 57.3 Å². The Morgan fingerprint density at radius 1 is 1.26 bits per heavy atom. The van der Waals surface area contributed by atoms with Gasteiger partial charge in [-0.2, -0.15) is 0 Å². The van der Waals surface area contributed by atoms with Crippen molar-refractivity contribution in [2.24, 2.45) is 0 Å². The van der Waals surface area contributed by atoms with E-state index in [1.807, 2.05) is 32.0 Å². The highest BCUT2D eigenvalue weighted by Crippen LogP contribution is 2.34. The maximum Gasteiger partial charge on any atom is 0.128 e. The number of benzene rings is 1. The fourth-order valence-electron chi connectivity index (χ4n) is 2.05. The molecule has 0 spiro atoms. The minimum Gasteiger partial charge on any atom is -0.496 e. The Kier molecular flexibility index (Phi) is 4.22. The maximum atomic E-state index is 10.5. The van der Waals surface area contributed by atoms with Crippen LogP contribution in [0.1, 0.15) is 28.4 Å². The van der Waals surface area contributed by atoms with Crippen LogP contribution in [0.3, 0.4) is 0 Å². The molecule has 1 atom stereocenters. The highest BCUT2D eigenvalue weighted by Gasteiger charge is 2.18. The molecule has 1 N–H and O–H groups in total. The van der Waals surface area contributed by atoms with Crippen molar-refractivity contribution in [3.8, 4) is 5.75 Å². The van der Waals surface area contributed by atoms with E-state index in [0.29, 0.717) is 0 Å². The average molecular weight is 322 g/mol. The van der Waals surface area contributed by atoms with Gasteiger partial charge in [0.2, 0.25) is 0 Å². The molecule has 0 radical (unpaired) electrons. The zero-order valence-corrected chi connectivity index (χ0v) is 12.7. The molecule has 0 aliphatic rings. The van der Waals surface area contributed by atoms with E-state index in [-0.39, 0.29) is 0 Å². The molecule has 0 aliphatic carbocycles. The first-order valence-electron chi connectivity index (χ1n) is 5.97. The summed E-state index contributed by atoms with van der Waals surface area (Å²) in [4.78, 5) is 4.08. The van der Waals surface area contributed by atoms with Crippen LogP contribution >= 0.6 is 15.9 Å². The first kappa shape index (κ1) is 14.0. The number of halogens is 1. The summed E-state index contributed by atoms with van der Waals surface area (Å²) in [6.07, 6.45) is 2.59. The second-order valence-electron chi connectivity index (χ2n) is 4.47. The predicted octanol–water partition coefficient (Wildman–Crippen LogP) is 3.55. The third-order valence-corrected chi connectivity index (χ3v) is 3.68. The van der Waals surface area contributed by atoms with Crippen LogP contribution in [0.15, 0.2) is 35.1 Å². The van der Waals surface area contributed by atoms with Gasteiger partial charge in [-0.3, -0.25) is 4.98 Å². The van der Waals surface area contributed by atoms with Gasteiger partial charge in [0.25, 0.3) is 0 Å². The van der Waals surface area contributed by atoms with Crippen LogP contribution in [0.4, 0.5) is 0 Å². The summed E-state index contributed by atoms with van der Waals surface area (Å²) in [6, 6.07) is 5.74. The number of pyridine rings is 1. The van der Waals surface area contributed by atoms with Crippen molar-refractivity contribution in [1.82, 2.24) is 4.98 Å².